The van der Waals surface area contributed by atoms with Crippen molar-refractivity contribution in [2.24, 2.45) is 0 Å². The van der Waals surface area contributed by atoms with E-state index in [9.17, 15) is 9.59 Å². The van der Waals surface area contributed by atoms with E-state index in [4.69, 9.17) is 0 Å². The highest BCUT2D eigenvalue weighted by atomic mass is 16.2. The zero-order valence-electron chi connectivity index (χ0n) is 17.5. The molecule has 1 aliphatic rings. The number of nitrogens with one attached hydrogen (secondary N) is 3. The first-order chi connectivity index (χ1) is 14.0. The van der Waals surface area contributed by atoms with Crippen molar-refractivity contribution in [1.29, 1.82) is 0 Å². The summed E-state index contributed by atoms with van der Waals surface area (Å²) < 4.78 is 0. The van der Waals surface area contributed by atoms with Gasteiger partial charge in [0.2, 0.25) is 0 Å². The molecule has 3 amide bonds. The van der Waals surface area contributed by atoms with Gasteiger partial charge in [-0.05, 0) is 43.5 Å². The van der Waals surface area contributed by atoms with Crippen molar-refractivity contribution in [3.8, 4) is 0 Å². The topological polar surface area (TPSA) is 65.9 Å². The van der Waals surface area contributed by atoms with Crippen LogP contribution >= 0.6 is 0 Å². The summed E-state index contributed by atoms with van der Waals surface area (Å²) in [6.07, 6.45) is 0. The summed E-state index contributed by atoms with van der Waals surface area (Å²) in [7, 11) is 0. The Kier molecular flexibility index (Phi) is 6.88. The maximum Gasteiger partial charge on any atom is 0.321 e. The summed E-state index contributed by atoms with van der Waals surface area (Å²) in [6.45, 7) is 10.1. The molecule has 3 rings (SSSR count). The van der Waals surface area contributed by atoms with E-state index < -0.39 is 6.03 Å². The maximum absolute atomic E-state index is 12.5. The van der Waals surface area contributed by atoms with Gasteiger partial charge in [0, 0.05) is 12.2 Å². The Morgan fingerprint density at radius 3 is 2.41 bits per heavy atom. The molecule has 1 aliphatic heterocycles. The van der Waals surface area contributed by atoms with Crippen LogP contribution < -0.4 is 20.4 Å². The summed E-state index contributed by atoms with van der Waals surface area (Å²) in [5, 5.41) is 5.22. The van der Waals surface area contributed by atoms with Crippen molar-refractivity contribution < 1.29 is 14.5 Å². The largest absolute Gasteiger partial charge is 0.360 e. The van der Waals surface area contributed by atoms with Crippen LogP contribution in [0.1, 0.15) is 23.6 Å². The fourth-order valence-electron chi connectivity index (χ4n) is 3.77. The lowest BCUT2D eigenvalue weighted by Crippen LogP contribution is -3.19. The Morgan fingerprint density at radius 1 is 1.03 bits per heavy atom. The van der Waals surface area contributed by atoms with Crippen LogP contribution in [0.5, 0.6) is 0 Å². The van der Waals surface area contributed by atoms with Crippen molar-refractivity contribution in [2.75, 3.05) is 31.1 Å². The molecule has 1 saturated heterocycles. The Labute approximate surface area is 172 Å². The minimum atomic E-state index is -0.445. The minimum absolute atomic E-state index is 0.231. The van der Waals surface area contributed by atoms with Crippen LogP contribution in [0.15, 0.2) is 48.5 Å². The number of anilines is 1. The minimum Gasteiger partial charge on any atom is -0.360 e. The molecule has 0 saturated carbocycles. The van der Waals surface area contributed by atoms with E-state index in [-0.39, 0.29) is 11.9 Å². The molecular formula is C23H31N4O2+. The highest BCUT2D eigenvalue weighted by molar-refractivity contribution is 5.96. The van der Waals surface area contributed by atoms with Crippen LogP contribution in [0.3, 0.4) is 0 Å². The van der Waals surface area contributed by atoms with Crippen LogP contribution in [0, 0.1) is 13.8 Å². The standard InChI is InChI=1S/C23H30N4O2/c1-17-8-7-11-21(18(17)2)27-14-12-26(13-15-27)19(3)22(28)25-23(29)24-16-20-9-5-4-6-10-20/h4-11,19H,12-16H2,1-3H3,(H2,24,25,28,29)/p+1/t19-/m0/s1. The smallest absolute Gasteiger partial charge is 0.321 e. The molecule has 0 aliphatic carbocycles. The number of benzene rings is 2. The molecule has 6 heteroatoms. The molecule has 6 nitrogen and oxygen atoms in total. The normalized spacial score (nSPS) is 15.6. The van der Waals surface area contributed by atoms with Crippen molar-refractivity contribution in [2.45, 2.75) is 33.4 Å². The van der Waals surface area contributed by atoms with Gasteiger partial charge in [0.25, 0.3) is 5.91 Å². The van der Waals surface area contributed by atoms with Gasteiger partial charge in [-0.1, -0.05) is 42.5 Å². The maximum atomic E-state index is 12.5. The zero-order chi connectivity index (χ0) is 20.8. The van der Waals surface area contributed by atoms with Crippen molar-refractivity contribution in [3.63, 3.8) is 0 Å². The van der Waals surface area contributed by atoms with E-state index in [0.717, 1.165) is 31.7 Å². The van der Waals surface area contributed by atoms with Crippen LogP contribution in [-0.2, 0) is 11.3 Å². The fraction of sp³-hybridized carbons (Fsp3) is 0.391. The van der Waals surface area contributed by atoms with Gasteiger partial charge in [-0.3, -0.25) is 10.1 Å². The predicted molar refractivity (Wildman–Crippen MR) is 115 cm³/mol. The van der Waals surface area contributed by atoms with Gasteiger partial charge in [-0.25, -0.2) is 4.79 Å². The average molecular weight is 396 g/mol. The van der Waals surface area contributed by atoms with Crippen molar-refractivity contribution in [1.82, 2.24) is 10.6 Å². The second-order valence-electron chi connectivity index (χ2n) is 7.74. The first kappa shape index (κ1) is 20.9. The Morgan fingerprint density at radius 2 is 1.72 bits per heavy atom. The van der Waals surface area contributed by atoms with Crippen LogP contribution in [0.25, 0.3) is 0 Å². The number of aryl methyl sites for hydroxylation is 1. The number of nitrogens with zero attached hydrogens (tertiary/aromatic N) is 1. The van der Waals surface area contributed by atoms with Gasteiger partial charge < -0.3 is 15.1 Å². The third kappa shape index (κ3) is 5.35. The second kappa shape index (κ2) is 9.56. The lowest BCUT2D eigenvalue weighted by Gasteiger charge is -2.36. The summed E-state index contributed by atoms with van der Waals surface area (Å²) in [6, 6.07) is 15.3. The number of rotatable bonds is 5. The molecule has 0 bridgehead atoms. The molecule has 3 N–H and O–H groups in total. The summed E-state index contributed by atoms with van der Waals surface area (Å²) in [4.78, 5) is 28.2. The van der Waals surface area contributed by atoms with Gasteiger partial charge in [-0.15, -0.1) is 0 Å². The van der Waals surface area contributed by atoms with E-state index in [1.165, 1.54) is 21.7 Å². The fourth-order valence-corrected chi connectivity index (χ4v) is 3.77. The highest BCUT2D eigenvalue weighted by Gasteiger charge is 2.30. The van der Waals surface area contributed by atoms with Gasteiger partial charge in [0.15, 0.2) is 6.04 Å². The molecule has 0 unspecified atom stereocenters. The van der Waals surface area contributed by atoms with Crippen molar-refractivity contribution >= 4 is 17.6 Å². The number of quaternary nitrogens is 1. The molecule has 0 radical (unpaired) electrons. The average Bonchev–Trinajstić information content (AvgIpc) is 2.74. The SMILES string of the molecule is Cc1cccc(N2CC[NH+]([C@@H](C)C(=O)NC(=O)NCc3ccccc3)CC2)c1C. The van der Waals surface area contributed by atoms with E-state index in [1.807, 2.05) is 37.3 Å². The molecule has 154 valence electrons. The predicted octanol–water partition coefficient (Wildman–Crippen LogP) is 1.42. The number of hydrogen-bond acceptors (Lipinski definition) is 3. The van der Waals surface area contributed by atoms with Crippen LogP contribution in [-0.4, -0.2) is 44.2 Å². The van der Waals surface area contributed by atoms with Gasteiger partial charge in [0.1, 0.15) is 0 Å². The number of carbonyl (C=O) groups is 2. The van der Waals surface area contributed by atoms with Gasteiger partial charge >= 0.3 is 6.03 Å². The first-order valence-electron chi connectivity index (χ1n) is 10.2. The highest BCUT2D eigenvalue weighted by Crippen LogP contribution is 2.22. The third-order valence-corrected chi connectivity index (χ3v) is 5.86. The van der Waals surface area contributed by atoms with Gasteiger partial charge in [-0.2, -0.15) is 0 Å². The first-order valence-corrected chi connectivity index (χ1v) is 10.2. The van der Waals surface area contributed by atoms with E-state index in [2.05, 4.69) is 47.6 Å². The Balaban J connectivity index is 1.47. The molecular weight excluding hydrogens is 364 g/mol. The van der Waals surface area contributed by atoms with Gasteiger partial charge in [0.05, 0.1) is 26.2 Å². The number of carbonyl (C=O) groups excluding carboxylic acids is 2. The summed E-state index contributed by atoms with van der Waals surface area (Å²) >= 11 is 0. The number of urea groups is 1. The lowest BCUT2D eigenvalue weighted by atomic mass is 10.1. The summed E-state index contributed by atoms with van der Waals surface area (Å²) in [5.74, 6) is -0.231. The molecule has 2 aromatic rings. The molecule has 1 heterocycles. The van der Waals surface area contributed by atoms with Crippen LogP contribution in [0.2, 0.25) is 0 Å². The second-order valence-corrected chi connectivity index (χ2v) is 7.74. The molecule has 1 fully saturated rings. The Hall–Kier alpha value is -2.86. The monoisotopic (exact) mass is 395 g/mol. The molecule has 0 spiro atoms. The van der Waals surface area contributed by atoms with Crippen LogP contribution in [0.4, 0.5) is 10.5 Å². The quantitative estimate of drug-likeness (QED) is 0.718. The number of imide groups is 1. The number of hydrogen-bond donors (Lipinski definition) is 3. The lowest BCUT2D eigenvalue weighted by molar-refractivity contribution is -0.914. The summed E-state index contributed by atoms with van der Waals surface area (Å²) in [5.41, 5.74) is 4.89. The van der Waals surface area contributed by atoms with E-state index in [0.29, 0.717) is 6.54 Å². The van der Waals surface area contributed by atoms with E-state index in [1.54, 1.807) is 0 Å². The molecule has 29 heavy (non-hydrogen) atoms. The Bertz CT molecular complexity index is 845. The number of piperazine rings is 1. The molecule has 2 aromatic carbocycles. The molecule has 0 aromatic heterocycles. The van der Waals surface area contributed by atoms with Crippen molar-refractivity contribution in [3.05, 3.63) is 65.2 Å². The van der Waals surface area contributed by atoms with E-state index >= 15 is 0 Å². The molecule has 1 atom stereocenters. The zero-order valence-corrected chi connectivity index (χ0v) is 17.5. The third-order valence-electron chi connectivity index (χ3n) is 5.86. The number of amides is 3.